The van der Waals surface area contributed by atoms with Crippen LogP contribution in [0.15, 0.2) is 36.4 Å². The fourth-order valence-corrected chi connectivity index (χ4v) is 1.86. The van der Waals surface area contributed by atoms with Crippen LogP contribution >= 0.6 is 0 Å². The molecule has 3 N–H and O–H groups in total. The van der Waals surface area contributed by atoms with E-state index in [-0.39, 0.29) is 29.3 Å². The minimum atomic E-state index is -0.599. The highest BCUT2D eigenvalue weighted by Gasteiger charge is 2.13. The Balaban J connectivity index is 2.25. The van der Waals surface area contributed by atoms with Crippen molar-refractivity contribution in [3.05, 3.63) is 53.3 Å². The van der Waals surface area contributed by atoms with E-state index in [0.717, 1.165) is 12.1 Å². The zero-order chi connectivity index (χ0) is 15.4. The number of rotatable bonds is 4. The first-order valence-electron chi connectivity index (χ1n) is 6.14. The second-order valence-electron chi connectivity index (χ2n) is 4.32. The third-order valence-corrected chi connectivity index (χ3v) is 2.95. The van der Waals surface area contributed by atoms with Gasteiger partial charge in [0.05, 0.1) is 18.4 Å². The number of halogens is 1. The van der Waals surface area contributed by atoms with Crippen molar-refractivity contribution in [3.8, 4) is 11.5 Å². The first kappa shape index (κ1) is 14.6. The van der Waals surface area contributed by atoms with Crippen molar-refractivity contribution in [1.29, 1.82) is 0 Å². The molecule has 0 bridgehead atoms. The molecule has 0 saturated carbocycles. The first-order valence-corrected chi connectivity index (χ1v) is 6.14. The van der Waals surface area contributed by atoms with Crippen molar-refractivity contribution in [2.24, 2.45) is 0 Å². The summed E-state index contributed by atoms with van der Waals surface area (Å²) in [6, 6.07) is 8.14. The Bertz CT molecular complexity index is 673. The Labute approximate surface area is 120 Å². The summed E-state index contributed by atoms with van der Waals surface area (Å²) >= 11 is 0. The summed E-state index contributed by atoms with van der Waals surface area (Å²) in [6.07, 6.45) is 0. The van der Waals surface area contributed by atoms with E-state index in [2.05, 4.69) is 10.1 Å². The lowest BCUT2D eigenvalue weighted by Crippen LogP contribution is -2.08. The summed E-state index contributed by atoms with van der Waals surface area (Å²) in [6.45, 7) is 0.105. The minimum Gasteiger partial charge on any atom is -0.504 e. The quantitative estimate of drug-likeness (QED) is 0.596. The van der Waals surface area contributed by atoms with E-state index in [0.29, 0.717) is 5.56 Å². The molecular weight excluding hydrogens is 277 g/mol. The van der Waals surface area contributed by atoms with Crippen LogP contribution in [0, 0.1) is 5.82 Å². The van der Waals surface area contributed by atoms with Crippen LogP contribution in [0.2, 0.25) is 0 Å². The van der Waals surface area contributed by atoms with Gasteiger partial charge in [0.2, 0.25) is 0 Å². The molecule has 2 rings (SSSR count). The molecule has 0 atom stereocenters. The number of benzene rings is 2. The monoisotopic (exact) mass is 291 g/mol. The number of carbonyl (C=O) groups is 1. The van der Waals surface area contributed by atoms with Gasteiger partial charge >= 0.3 is 5.97 Å². The largest absolute Gasteiger partial charge is 0.504 e. The molecule has 2 aromatic carbocycles. The SMILES string of the molecule is COC(=O)c1ccc(F)cc1NCc1cccc(O)c1O. The Kier molecular flexibility index (Phi) is 4.27. The van der Waals surface area contributed by atoms with E-state index >= 15 is 0 Å². The van der Waals surface area contributed by atoms with Gasteiger partial charge in [0.25, 0.3) is 0 Å². The second kappa shape index (κ2) is 6.13. The number of phenols is 2. The fraction of sp³-hybridized carbons (Fsp3) is 0.133. The Morgan fingerprint density at radius 1 is 1.29 bits per heavy atom. The number of phenolic OH excluding ortho intramolecular Hbond substituents is 2. The van der Waals surface area contributed by atoms with Crippen molar-refractivity contribution in [2.45, 2.75) is 6.54 Å². The number of ether oxygens (including phenoxy) is 1. The molecule has 21 heavy (non-hydrogen) atoms. The average molecular weight is 291 g/mol. The molecule has 0 amide bonds. The maximum atomic E-state index is 13.3. The van der Waals surface area contributed by atoms with Gasteiger partial charge in [-0.3, -0.25) is 0 Å². The average Bonchev–Trinajstić information content (AvgIpc) is 2.48. The van der Waals surface area contributed by atoms with Gasteiger partial charge in [-0.1, -0.05) is 12.1 Å². The van der Waals surface area contributed by atoms with E-state index in [9.17, 15) is 19.4 Å². The predicted molar refractivity (Wildman–Crippen MR) is 74.8 cm³/mol. The maximum Gasteiger partial charge on any atom is 0.339 e. The van der Waals surface area contributed by atoms with Crippen LogP contribution in [-0.4, -0.2) is 23.3 Å². The van der Waals surface area contributed by atoms with E-state index in [4.69, 9.17) is 0 Å². The van der Waals surface area contributed by atoms with Crippen LogP contribution in [0.1, 0.15) is 15.9 Å². The number of carbonyl (C=O) groups excluding carboxylic acids is 1. The van der Waals surface area contributed by atoms with Gasteiger partial charge in [-0.2, -0.15) is 0 Å². The molecule has 2 aromatic rings. The number of hydrogen-bond donors (Lipinski definition) is 3. The summed E-state index contributed by atoms with van der Waals surface area (Å²) in [5.74, 6) is -1.62. The van der Waals surface area contributed by atoms with Crippen molar-refractivity contribution in [1.82, 2.24) is 0 Å². The molecule has 6 heteroatoms. The molecule has 0 radical (unpaired) electrons. The first-order chi connectivity index (χ1) is 10.0. The molecule has 0 aromatic heterocycles. The van der Waals surface area contributed by atoms with Crippen LogP contribution in [0.4, 0.5) is 10.1 Å². The van der Waals surface area contributed by atoms with Crippen molar-refractivity contribution in [3.63, 3.8) is 0 Å². The Hall–Kier alpha value is -2.76. The zero-order valence-corrected chi connectivity index (χ0v) is 11.3. The van der Waals surface area contributed by atoms with Crippen molar-refractivity contribution >= 4 is 11.7 Å². The smallest absolute Gasteiger partial charge is 0.339 e. The van der Waals surface area contributed by atoms with Crippen LogP contribution in [-0.2, 0) is 11.3 Å². The van der Waals surface area contributed by atoms with E-state index in [1.54, 1.807) is 12.1 Å². The Morgan fingerprint density at radius 3 is 2.76 bits per heavy atom. The topological polar surface area (TPSA) is 78.8 Å². The summed E-state index contributed by atoms with van der Waals surface area (Å²) in [4.78, 5) is 11.6. The molecule has 0 unspecified atom stereocenters. The van der Waals surface area contributed by atoms with Gasteiger partial charge in [-0.15, -0.1) is 0 Å². The number of esters is 1. The van der Waals surface area contributed by atoms with Crippen LogP contribution in [0.5, 0.6) is 11.5 Å². The maximum absolute atomic E-state index is 13.3. The van der Waals surface area contributed by atoms with Gasteiger partial charge in [0.15, 0.2) is 11.5 Å². The van der Waals surface area contributed by atoms with Crippen molar-refractivity contribution in [2.75, 3.05) is 12.4 Å². The Morgan fingerprint density at radius 2 is 2.05 bits per heavy atom. The van der Waals surface area contributed by atoms with Crippen molar-refractivity contribution < 1.29 is 24.1 Å². The van der Waals surface area contributed by atoms with Crippen LogP contribution in [0.25, 0.3) is 0 Å². The molecular formula is C15H14FNO4. The molecule has 0 spiro atoms. The van der Waals surface area contributed by atoms with Gasteiger partial charge in [0, 0.05) is 12.1 Å². The van der Waals surface area contributed by atoms with Gasteiger partial charge in [-0.05, 0) is 24.3 Å². The predicted octanol–water partition coefficient (Wildman–Crippen LogP) is 2.64. The summed E-state index contributed by atoms with van der Waals surface area (Å²) < 4.78 is 17.9. The zero-order valence-electron chi connectivity index (χ0n) is 11.3. The molecule has 0 aliphatic carbocycles. The molecule has 0 fully saturated rings. The van der Waals surface area contributed by atoms with E-state index in [1.807, 2.05) is 0 Å². The van der Waals surface area contributed by atoms with E-state index in [1.165, 1.54) is 19.2 Å². The second-order valence-corrected chi connectivity index (χ2v) is 4.32. The highest BCUT2D eigenvalue weighted by Crippen LogP contribution is 2.29. The molecule has 0 heterocycles. The highest BCUT2D eigenvalue weighted by atomic mass is 19.1. The third-order valence-electron chi connectivity index (χ3n) is 2.95. The lowest BCUT2D eigenvalue weighted by molar-refractivity contribution is 0.0601. The van der Waals surface area contributed by atoms with Gasteiger partial charge < -0.3 is 20.3 Å². The number of hydrogen-bond acceptors (Lipinski definition) is 5. The van der Waals surface area contributed by atoms with Gasteiger partial charge in [-0.25, -0.2) is 9.18 Å². The summed E-state index contributed by atoms with van der Waals surface area (Å²) in [7, 11) is 1.23. The normalized spacial score (nSPS) is 10.2. The minimum absolute atomic E-state index is 0.105. The number of nitrogens with one attached hydrogen (secondary N) is 1. The molecule has 5 nitrogen and oxygen atoms in total. The molecule has 0 saturated heterocycles. The number of para-hydroxylation sites is 1. The summed E-state index contributed by atoms with van der Waals surface area (Å²) in [5.41, 5.74) is 0.832. The standard InChI is InChI=1S/C15H14FNO4/c1-21-15(20)11-6-5-10(16)7-12(11)17-8-9-3-2-4-13(18)14(9)19/h2-7,17-19H,8H2,1H3. The third kappa shape index (κ3) is 3.22. The number of aromatic hydroxyl groups is 2. The van der Waals surface area contributed by atoms with Gasteiger partial charge in [0.1, 0.15) is 5.82 Å². The lowest BCUT2D eigenvalue weighted by Gasteiger charge is -2.12. The number of methoxy groups -OCH3 is 1. The lowest BCUT2D eigenvalue weighted by atomic mass is 10.1. The molecule has 0 aliphatic rings. The summed E-state index contributed by atoms with van der Waals surface area (Å²) in [5, 5.41) is 22.0. The van der Waals surface area contributed by atoms with E-state index < -0.39 is 11.8 Å². The van der Waals surface area contributed by atoms with Crippen LogP contribution < -0.4 is 5.32 Å². The van der Waals surface area contributed by atoms with Crippen LogP contribution in [0.3, 0.4) is 0 Å². The fourth-order valence-electron chi connectivity index (χ4n) is 1.86. The number of anilines is 1. The molecule has 110 valence electrons. The molecule has 0 aliphatic heterocycles. The highest BCUT2D eigenvalue weighted by molar-refractivity contribution is 5.95.